The van der Waals surface area contributed by atoms with Crippen molar-refractivity contribution < 1.29 is 14.6 Å². The summed E-state index contributed by atoms with van der Waals surface area (Å²) in [6.07, 6.45) is 4.26. The molecule has 30 heavy (non-hydrogen) atoms. The summed E-state index contributed by atoms with van der Waals surface area (Å²) in [6, 6.07) is 13.0. The lowest BCUT2D eigenvalue weighted by Gasteiger charge is -2.29. The van der Waals surface area contributed by atoms with Crippen LogP contribution in [-0.4, -0.2) is 70.7 Å². The standard InChI is InChI=1S/C22H27N5O3/c1-25(21(28)17-4-2-5-18(14-17)30-13-9-23)15-22(29)8-11-26(16-22)20-7-3-6-19-24-10-12-27(19)20/h2-7,10,12,14,29H,8-9,11,13,15-16,23H2,1H3. The molecule has 3 aromatic rings. The van der Waals surface area contributed by atoms with Crippen LogP contribution >= 0.6 is 0 Å². The number of benzene rings is 1. The van der Waals surface area contributed by atoms with Gasteiger partial charge in [-0.05, 0) is 36.8 Å². The molecule has 0 radical (unpaired) electrons. The highest BCUT2D eigenvalue weighted by molar-refractivity contribution is 5.94. The van der Waals surface area contributed by atoms with E-state index >= 15 is 0 Å². The number of amides is 1. The van der Waals surface area contributed by atoms with Crippen LogP contribution in [0.5, 0.6) is 5.75 Å². The lowest BCUT2D eigenvalue weighted by atomic mass is 10.0. The Hall–Kier alpha value is -3.10. The summed E-state index contributed by atoms with van der Waals surface area (Å²) in [6.45, 7) is 2.21. The number of rotatable bonds is 7. The molecule has 0 spiro atoms. The minimum Gasteiger partial charge on any atom is -0.492 e. The molecule has 2 aromatic heterocycles. The van der Waals surface area contributed by atoms with E-state index in [0.717, 1.165) is 11.5 Å². The van der Waals surface area contributed by atoms with E-state index in [4.69, 9.17) is 10.5 Å². The van der Waals surface area contributed by atoms with Crippen molar-refractivity contribution in [2.75, 3.05) is 44.7 Å². The molecule has 4 rings (SSSR count). The number of aromatic nitrogens is 2. The summed E-state index contributed by atoms with van der Waals surface area (Å²) in [5, 5.41) is 11.2. The van der Waals surface area contributed by atoms with Gasteiger partial charge in [-0.2, -0.15) is 0 Å². The Morgan fingerprint density at radius 1 is 1.33 bits per heavy atom. The maximum atomic E-state index is 12.9. The first-order valence-corrected chi connectivity index (χ1v) is 10.1. The summed E-state index contributed by atoms with van der Waals surface area (Å²) in [5.74, 6) is 1.44. The third-order valence-corrected chi connectivity index (χ3v) is 5.41. The first kappa shape index (κ1) is 20.2. The fourth-order valence-electron chi connectivity index (χ4n) is 4.00. The van der Waals surface area contributed by atoms with Crippen molar-refractivity contribution in [1.29, 1.82) is 0 Å². The number of carbonyl (C=O) groups excluding carboxylic acids is 1. The Kier molecular flexibility index (Phi) is 5.61. The van der Waals surface area contributed by atoms with E-state index < -0.39 is 5.60 Å². The molecular weight excluding hydrogens is 382 g/mol. The molecular formula is C22H27N5O3. The molecule has 0 saturated carbocycles. The number of nitrogens with zero attached hydrogens (tertiary/aromatic N) is 4. The van der Waals surface area contributed by atoms with Crippen LogP contribution in [0.25, 0.3) is 5.65 Å². The number of imidazole rings is 1. The second-order valence-corrected chi connectivity index (χ2v) is 7.76. The molecule has 8 heteroatoms. The number of β-amino-alcohol motifs (C(OH)–C–C–N with tert-alkyl or cyclic N) is 1. The van der Waals surface area contributed by atoms with Gasteiger partial charge in [0.05, 0.1) is 6.54 Å². The van der Waals surface area contributed by atoms with E-state index in [9.17, 15) is 9.90 Å². The minimum absolute atomic E-state index is 0.156. The molecule has 1 aliphatic heterocycles. The van der Waals surface area contributed by atoms with Crippen molar-refractivity contribution >= 4 is 17.4 Å². The highest BCUT2D eigenvalue weighted by Gasteiger charge is 2.38. The molecule has 0 aliphatic carbocycles. The van der Waals surface area contributed by atoms with Crippen LogP contribution in [0.15, 0.2) is 54.9 Å². The highest BCUT2D eigenvalue weighted by atomic mass is 16.5. The van der Waals surface area contributed by atoms with Gasteiger partial charge < -0.3 is 25.4 Å². The number of nitrogens with two attached hydrogens (primary N) is 1. The third kappa shape index (κ3) is 4.10. The zero-order chi connectivity index (χ0) is 21.1. The van der Waals surface area contributed by atoms with Crippen LogP contribution in [0.4, 0.5) is 5.82 Å². The average molecular weight is 409 g/mol. The van der Waals surface area contributed by atoms with Gasteiger partial charge in [0.1, 0.15) is 29.4 Å². The van der Waals surface area contributed by atoms with Crippen molar-refractivity contribution in [3.05, 3.63) is 60.4 Å². The van der Waals surface area contributed by atoms with Crippen molar-refractivity contribution in [2.24, 2.45) is 5.73 Å². The fraction of sp³-hybridized carbons (Fsp3) is 0.364. The minimum atomic E-state index is -0.985. The number of hydrogen-bond donors (Lipinski definition) is 2. The molecule has 8 nitrogen and oxygen atoms in total. The van der Waals surface area contributed by atoms with Crippen molar-refractivity contribution in [2.45, 2.75) is 12.0 Å². The van der Waals surface area contributed by atoms with Crippen LogP contribution in [0.2, 0.25) is 0 Å². The lowest BCUT2D eigenvalue weighted by molar-refractivity contribution is 0.0264. The van der Waals surface area contributed by atoms with E-state index in [1.807, 2.05) is 28.8 Å². The predicted molar refractivity (Wildman–Crippen MR) is 115 cm³/mol. The van der Waals surface area contributed by atoms with Crippen LogP contribution in [0, 0.1) is 0 Å². The van der Waals surface area contributed by atoms with Crippen molar-refractivity contribution in [3.8, 4) is 5.75 Å². The zero-order valence-electron chi connectivity index (χ0n) is 17.1. The summed E-state index contributed by atoms with van der Waals surface area (Å²) in [7, 11) is 1.72. The second kappa shape index (κ2) is 8.33. The maximum Gasteiger partial charge on any atom is 0.253 e. The molecule has 3 N–H and O–H groups in total. The van der Waals surface area contributed by atoms with E-state index in [2.05, 4.69) is 9.88 Å². The van der Waals surface area contributed by atoms with Crippen molar-refractivity contribution in [1.82, 2.24) is 14.3 Å². The first-order valence-electron chi connectivity index (χ1n) is 10.1. The lowest BCUT2D eigenvalue weighted by Crippen LogP contribution is -2.46. The SMILES string of the molecule is CN(CC1(O)CCN(c2cccc3nccn23)C1)C(=O)c1cccc(OCCN)c1. The van der Waals surface area contributed by atoms with E-state index in [1.54, 1.807) is 42.4 Å². The molecule has 1 unspecified atom stereocenters. The predicted octanol–water partition coefficient (Wildman–Crippen LogP) is 1.39. The molecule has 3 heterocycles. The number of pyridine rings is 1. The van der Waals surface area contributed by atoms with Gasteiger partial charge in [-0.3, -0.25) is 9.20 Å². The Balaban J connectivity index is 1.44. The molecule has 1 fully saturated rings. The average Bonchev–Trinajstić information content (AvgIpc) is 3.38. The Bertz CT molecular complexity index is 1040. The normalized spacial score (nSPS) is 18.7. The number of hydrogen-bond acceptors (Lipinski definition) is 6. The Morgan fingerprint density at radius 3 is 3.00 bits per heavy atom. The summed E-state index contributed by atoms with van der Waals surface area (Å²) in [5.41, 5.74) is 5.87. The molecule has 1 saturated heterocycles. The van der Waals surface area contributed by atoms with Gasteiger partial charge in [0.2, 0.25) is 0 Å². The van der Waals surface area contributed by atoms with Crippen LogP contribution < -0.4 is 15.4 Å². The number of aliphatic hydroxyl groups is 1. The molecule has 1 amide bonds. The molecule has 0 bridgehead atoms. The van der Waals surface area contributed by atoms with Crippen LogP contribution in [0.1, 0.15) is 16.8 Å². The summed E-state index contributed by atoms with van der Waals surface area (Å²) >= 11 is 0. The van der Waals surface area contributed by atoms with E-state index in [-0.39, 0.29) is 12.5 Å². The number of anilines is 1. The second-order valence-electron chi connectivity index (χ2n) is 7.76. The maximum absolute atomic E-state index is 12.9. The van der Waals surface area contributed by atoms with Gasteiger partial charge in [-0.1, -0.05) is 12.1 Å². The van der Waals surface area contributed by atoms with Crippen LogP contribution in [-0.2, 0) is 0 Å². The topological polar surface area (TPSA) is 96.3 Å². The zero-order valence-corrected chi connectivity index (χ0v) is 17.1. The summed E-state index contributed by atoms with van der Waals surface area (Å²) < 4.78 is 7.52. The van der Waals surface area contributed by atoms with E-state index in [0.29, 0.717) is 44.0 Å². The number of ether oxygens (including phenoxy) is 1. The Labute approximate surface area is 175 Å². The van der Waals surface area contributed by atoms with Gasteiger partial charge in [0, 0.05) is 44.6 Å². The van der Waals surface area contributed by atoms with Gasteiger partial charge >= 0.3 is 0 Å². The molecule has 158 valence electrons. The van der Waals surface area contributed by atoms with Crippen LogP contribution in [0.3, 0.4) is 0 Å². The van der Waals surface area contributed by atoms with Gasteiger partial charge in [0.25, 0.3) is 5.91 Å². The first-order chi connectivity index (χ1) is 14.5. The molecule has 1 aliphatic rings. The fourth-order valence-corrected chi connectivity index (χ4v) is 4.00. The van der Waals surface area contributed by atoms with Crippen molar-refractivity contribution in [3.63, 3.8) is 0 Å². The largest absolute Gasteiger partial charge is 0.492 e. The number of carbonyl (C=O) groups is 1. The molecule has 1 aromatic carbocycles. The molecule has 1 atom stereocenters. The smallest absolute Gasteiger partial charge is 0.253 e. The number of fused-ring (bicyclic) bond motifs is 1. The van der Waals surface area contributed by atoms with Gasteiger partial charge in [0.15, 0.2) is 0 Å². The Morgan fingerprint density at radius 2 is 2.17 bits per heavy atom. The quantitative estimate of drug-likeness (QED) is 0.612. The van der Waals surface area contributed by atoms with Gasteiger partial charge in [-0.15, -0.1) is 0 Å². The van der Waals surface area contributed by atoms with E-state index in [1.165, 1.54) is 0 Å². The monoisotopic (exact) mass is 409 g/mol. The third-order valence-electron chi connectivity index (χ3n) is 5.41. The van der Waals surface area contributed by atoms with Gasteiger partial charge in [-0.25, -0.2) is 4.98 Å². The summed E-state index contributed by atoms with van der Waals surface area (Å²) in [4.78, 5) is 20.9. The highest BCUT2D eigenvalue weighted by Crippen LogP contribution is 2.28. The number of likely N-dealkylation sites (N-methyl/N-ethyl adjacent to an activating group) is 1.